The molecular formula is C9H7BrFN3O5S. The van der Waals surface area contributed by atoms with Crippen molar-refractivity contribution in [3.05, 3.63) is 26.9 Å². The largest absolute Gasteiger partial charge is 0.313 e. The molecule has 1 aliphatic heterocycles. The normalized spacial score (nSPS) is 19.4. The van der Waals surface area contributed by atoms with Crippen LogP contribution in [-0.2, 0) is 15.0 Å². The number of amides is 1. The van der Waals surface area contributed by atoms with Gasteiger partial charge in [0.05, 0.1) is 4.92 Å². The van der Waals surface area contributed by atoms with Crippen LogP contribution < -0.4 is 4.90 Å². The molecule has 108 valence electrons. The monoisotopic (exact) mass is 367 g/mol. The topological polar surface area (TPSA) is 110 Å². The van der Waals surface area contributed by atoms with E-state index in [4.69, 9.17) is 0 Å². The molecule has 1 amide bonds. The van der Waals surface area contributed by atoms with Gasteiger partial charge < -0.3 is 0 Å². The standard InChI is InChI=1S/C9H7BrFN3O5S/c10-5-1-7(14(16)17)9(12-3-5)13-4-6(2-8(13)15)20(11,18)19/h1,3,6H,2,4H2. The van der Waals surface area contributed by atoms with Gasteiger partial charge in [-0.15, -0.1) is 3.89 Å². The van der Waals surface area contributed by atoms with E-state index in [2.05, 4.69) is 20.9 Å². The summed E-state index contributed by atoms with van der Waals surface area (Å²) in [4.78, 5) is 26.4. The summed E-state index contributed by atoms with van der Waals surface area (Å²) in [6, 6.07) is 1.13. The number of nitrogens with zero attached hydrogens (tertiary/aromatic N) is 3. The second-order valence-corrected chi connectivity index (χ2v) is 6.59. The van der Waals surface area contributed by atoms with Crippen LogP contribution in [0.15, 0.2) is 16.7 Å². The molecule has 0 N–H and O–H groups in total. The Balaban J connectivity index is 2.43. The number of nitro groups is 1. The number of carbonyl (C=O) groups is 1. The van der Waals surface area contributed by atoms with Crippen molar-refractivity contribution in [1.29, 1.82) is 0 Å². The van der Waals surface area contributed by atoms with Gasteiger partial charge in [-0.2, -0.15) is 8.42 Å². The van der Waals surface area contributed by atoms with E-state index in [1.807, 2.05) is 0 Å². The van der Waals surface area contributed by atoms with Gasteiger partial charge in [0, 0.05) is 29.7 Å². The molecule has 0 aliphatic carbocycles. The van der Waals surface area contributed by atoms with Crippen molar-refractivity contribution in [3.63, 3.8) is 0 Å². The Hall–Kier alpha value is -1.62. The van der Waals surface area contributed by atoms with Crippen molar-refractivity contribution in [3.8, 4) is 0 Å². The Kier molecular flexibility index (Phi) is 3.73. The quantitative estimate of drug-likeness (QED) is 0.450. The Bertz CT molecular complexity index is 695. The van der Waals surface area contributed by atoms with Crippen LogP contribution in [0, 0.1) is 10.1 Å². The van der Waals surface area contributed by atoms with E-state index in [1.165, 1.54) is 6.20 Å². The fourth-order valence-electron chi connectivity index (χ4n) is 1.83. The minimum absolute atomic E-state index is 0.297. The summed E-state index contributed by atoms with van der Waals surface area (Å²) in [5.74, 6) is -1.02. The summed E-state index contributed by atoms with van der Waals surface area (Å²) in [5, 5.41) is 9.40. The molecule has 0 aromatic carbocycles. The van der Waals surface area contributed by atoms with Crippen LogP contribution in [0.5, 0.6) is 0 Å². The van der Waals surface area contributed by atoms with Crippen molar-refractivity contribution in [2.45, 2.75) is 11.7 Å². The van der Waals surface area contributed by atoms with Crippen LogP contribution in [0.25, 0.3) is 0 Å². The van der Waals surface area contributed by atoms with Crippen LogP contribution in [0.1, 0.15) is 6.42 Å². The zero-order valence-electron chi connectivity index (χ0n) is 9.69. The van der Waals surface area contributed by atoms with Crippen LogP contribution in [0.3, 0.4) is 0 Å². The Morgan fingerprint density at radius 2 is 2.20 bits per heavy atom. The van der Waals surface area contributed by atoms with Crippen LogP contribution in [0.2, 0.25) is 0 Å². The van der Waals surface area contributed by atoms with Gasteiger partial charge in [0.25, 0.3) is 0 Å². The van der Waals surface area contributed by atoms with E-state index in [0.717, 1.165) is 11.0 Å². The van der Waals surface area contributed by atoms with Gasteiger partial charge >= 0.3 is 15.9 Å². The molecule has 1 atom stereocenters. The molecule has 0 spiro atoms. The van der Waals surface area contributed by atoms with Gasteiger partial charge in [-0.25, -0.2) is 4.98 Å². The van der Waals surface area contributed by atoms with Crippen molar-refractivity contribution >= 4 is 43.6 Å². The van der Waals surface area contributed by atoms with Gasteiger partial charge in [0.2, 0.25) is 11.7 Å². The fraction of sp³-hybridized carbons (Fsp3) is 0.333. The molecule has 1 unspecified atom stereocenters. The third-order valence-electron chi connectivity index (χ3n) is 2.75. The number of pyridine rings is 1. The third-order valence-corrected chi connectivity index (χ3v) is 4.30. The lowest BCUT2D eigenvalue weighted by Gasteiger charge is -2.14. The zero-order chi connectivity index (χ0) is 15.1. The summed E-state index contributed by atoms with van der Waals surface area (Å²) in [7, 11) is -4.89. The van der Waals surface area contributed by atoms with E-state index in [1.54, 1.807) is 0 Å². The third kappa shape index (κ3) is 2.77. The molecule has 20 heavy (non-hydrogen) atoms. The number of hydrogen-bond acceptors (Lipinski definition) is 6. The van der Waals surface area contributed by atoms with Gasteiger partial charge in [0.15, 0.2) is 0 Å². The lowest BCUT2D eigenvalue weighted by molar-refractivity contribution is -0.384. The number of carbonyl (C=O) groups excluding carboxylic acids is 1. The van der Waals surface area contributed by atoms with E-state index in [-0.39, 0.29) is 5.82 Å². The summed E-state index contributed by atoms with van der Waals surface area (Å²) >= 11 is 3.01. The maximum absolute atomic E-state index is 12.9. The molecular weight excluding hydrogens is 361 g/mol. The number of aromatic nitrogens is 1. The highest BCUT2D eigenvalue weighted by Gasteiger charge is 2.41. The minimum Gasteiger partial charge on any atom is -0.290 e. The molecule has 0 bridgehead atoms. The summed E-state index contributed by atoms with van der Waals surface area (Å²) in [5.41, 5.74) is -0.468. The second kappa shape index (κ2) is 5.05. The highest BCUT2D eigenvalue weighted by molar-refractivity contribution is 9.10. The van der Waals surface area contributed by atoms with Gasteiger partial charge in [-0.05, 0) is 15.9 Å². The summed E-state index contributed by atoms with van der Waals surface area (Å²) in [6.07, 6.45) is 0.667. The molecule has 0 saturated carbocycles. The first kappa shape index (κ1) is 14.8. The maximum Gasteiger partial charge on any atom is 0.313 e. The minimum atomic E-state index is -4.89. The Labute approximate surface area is 121 Å². The second-order valence-electron chi connectivity index (χ2n) is 4.06. The predicted octanol–water partition coefficient (Wildman–Crippen LogP) is 1.16. The first-order valence-electron chi connectivity index (χ1n) is 5.24. The molecule has 0 radical (unpaired) electrons. The van der Waals surface area contributed by atoms with E-state index >= 15 is 0 Å². The van der Waals surface area contributed by atoms with Crippen LogP contribution in [0.4, 0.5) is 15.4 Å². The van der Waals surface area contributed by atoms with Gasteiger partial charge in [0.1, 0.15) is 5.25 Å². The van der Waals surface area contributed by atoms with E-state index in [0.29, 0.717) is 4.47 Å². The fourth-order valence-corrected chi connectivity index (χ4v) is 2.82. The molecule has 2 rings (SSSR count). The number of halogens is 2. The van der Waals surface area contributed by atoms with Crippen molar-refractivity contribution in [2.75, 3.05) is 11.4 Å². The summed E-state index contributed by atoms with van der Waals surface area (Å²) in [6.45, 7) is -0.493. The average Bonchev–Trinajstić information content (AvgIpc) is 2.71. The predicted molar refractivity (Wildman–Crippen MR) is 69.4 cm³/mol. The molecule has 1 aliphatic rings. The number of anilines is 1. The van der Waals surface area contributed by atoms with Gasteiger partial charge in [-0.3, -0.25) is 19.8 Å². The van der Waals surface area contributed by atoms with Crippen molar-refractivity contribution in [2.24, 2.45) is 0 Å². The highest BCUT2D eigenvalue weighted by atomic mass is 79.9. The van der Waals surface area contributed by atoms with Crippen LogP contribution >= 0.6 is 15.9 Å². The molecule has 1 aromatic rings. The Morgan fingerprint density at radius 3 is 2.70 bits per heavy atom. The maximum atomic E-state index is 12.9. The molecule has 1 aromatic heterocycles. The zero-order valence-corrected chi connectivity index (χ0v) is 12.1. The van der Waals surface area contributed by atoms with E-state index in [9.17, 15) is 27.2 Å². The van der Waals surface area contributed by atoms with Crippen LogP contribution in [-0.4, -0.2) is 36.0 Å². The number of rotatable bonds is 3. The molecule has 1 saturated heterocycles. The molecule has 1 fully saturated rings. The lowest BCUT2D eigenvalue weighted by Crippen LogP contribution is -2.28. The SMILES string of the molecule is O=C1CC(S(=O)(=O)F)CN1c1ncc(Br)cc1[N+](=O)[O-]. The summed E-state index contributed by atoms with van der Waals surface area (Å²) < 4.78 is 34.9. The van der Waals surface area contributed by atoms with Gasteiger partial charge in [-0.1, -0.05) is 0 Å². The van der Waals surface area contributed by atoms with Crippen molar-refractivity contribution in [1.82, 2.24) is 4.98 Å². The Morgan fingerprint density at radius 1 is 1.55 bits per heavy atom. The first-order valence-corrected chi connectivity index (χ1v) is 7.48. The first-order chi connectivity index (χ1) is 9.20. The smallest absolute Gasteiger partial charge is 0.290 e. The molecule has 11 heteroatoms. The molecule has 8 nitrogen and oxygen atoms in total. The average molecular weight is 368 g/mol. The van der Waals surface area contributed by atoms with Crippen molar-refractivity contribution < 1.29 is 22.0 Å². The van der Waals surface area contributed by atoms with E-state index < -0.39 is 45.0 Å². The lowest BCUT2D eigenvalue weighted by atomic mass is 10.3. The highest BCUT2D eigenvalue weighted by Crippen LogP contribution is 2.32. The molecule has 2 heterocycles. The number of hydrogen-bond donors (Lipinski definition) is 0.